The number of fused-ring (bicyclic) bond motifs is 2. The summed E-state index contributed by atoms with van der Waals surface area (Å²) in [6.07, 6.45) is 3.14. The summed E-state index contributed by atoms with van der Waals surface area (Å²) in [6.45, 7) is 4.42. The number of aryl methyl sites for hydroxylation is 2. The highest BCUT2D eigenvalue weighted by Crippen LogP contribution is 2.49. The van der Waals surface area contributed by atoms with E-state index in [4.69, 9.17) is 0 Å². The van der Waals surface area contributed by atoms with Crippen molar-refractivity contribution in [3.05, 3.63) is 129 Å². The largest absolute Gasteiger partial charge is 0.322 e. The fourth-order valence-corrected chi connectivity index (χ4v) is 8.37. The molecule has 4 nitrogen and oxygen atoms in total. The molecule has 0 spiro atoms. The second-order valence-corrected chi connectivity index (χ2v) is 13.5. The van der Waals surface area contributed by atoms with E-state index in [0.717, 1.165) is 30.6 Å². The van der Waals surface area contributed by atoms with E-state index < -0.39 is 0 Å². The Kier molecular flexibility index (Phi) is 7.17. The number of rotatable bonds is 6. The quantitative estimate of drug-likeness (QED) is 0.200. The van der Waals surface area contributed by atoms with Crippen molar-refractivity contribution in [1.82, 2.24) is 0 Å². The zero-order chi connectivity index (χ0) is 29.5. The number of anilines is 2. The average molecular weight is 599 g/mol. The monoisotopic (exact) mass is 598 g/mol. The molecule has 2 N–H and O–H groups in total. The Morgan fingerprint density at radius 1 is 0.581 bits per heavy atom. The summed E-state index contributed by atoms with van der Waals surface area (Å²) >= 11 is 3.62. The number of thiophene rings is 2. The van der Waals surface area contributed by atoms with Crippen molar-refractivity contribution in [2.24, 2.45) is 0 Å². The van der Waals surface area contributed by atoms with Gasteiger partial charge < -0.3 is 10.6 Å². The molecule has 0 saturated carbocycles. The van der Waals surface area contributed by atoms with Crippen LogP contribution in [0.15, 0.2) is 97.1 Å². The van der Waals surface area contributed by atoms with Crippen molar-refractivity contribution in [3.63, 3.8) is 0 Å². The molecule has 4 aromatic carbocycles. The molecule has 0 aliphatic heterocycles. The van der Waals surface area contributed by atoms with Crippen LogP contribution >= 0.6 is 22.7 Å². The van der Waals surface area contributed by atoms with Crippen LogP contribution in [-0.4, -0.2) is 11.8 Å². The van der Waals surface area contributed by atoms with Crippen LogP contribution in [0.5, 0.6) is 0 Å². The molecule has 0 bridgehead atoms. The third-order valence-electron chi connectivity index (χ3n) is 8.14. The lowest BCUT2D eigenvalue weighted by Gasteiger charge is -2.12. The van der Waals surface area contributed by atoms with Gasteiger partial charge in [-0.3, -0.25) is 9.59 Å². The summed E-state index contributed by atoms with van der Waals surface area (Å²) < 4.78 is 2.45. The van der Waals surface area contributed by atoms with Gasteiger partial charge in [0.15, 0.2) is 0 Å². The number of amides is 2. The fraction of sp³-hybridized carbons (Fsp3) is 0.135. The Morgan fingerprint density at radius 2 is 1.00 bits per heavy atom. The van der Waals surface area contributed by atoms with E-state index in [0.29, 0.717) is 11.1 Å². The van der Waals surface area contributed by atoms with Crippen LogP contribution in [-0.2, 0) is 0 Å². The molecule has 6 aromatic rings. The van der Waals surface area contributed by atoms with Crippen molar-refractivity contribution in [2.75, 3.05) is 10.6 Å². The summed E-state index contributed by atoms with van der Waals surface area (Å²) in [4.78, 5) is 28.4. The van der Waals surface area contributed by atoms with Gasteiger partial charge in [0.1, 0.15) is 0 Å². The van der Waals surface area contributed by atoms with Crippen LogP contribution in [0.4, 0.5) is 11.4 Å². The van der Waals surface area contributed by atoms with Crippen LogP contribution in [0.25, 0.3) is 31.3 Å². The van der Waals surface area contributed by atoms with Gasteiger partial charge in [-0.05, 0) is 116 Å². The van der Waals surface area contributed by atoms with Crippen molar-refractivity contribution in [3.8, 4) is 0 Å². The number of hydrogen-bond donors (Lipinski definition) is 2. The molecule has 212 valence electrons. The Labute approximate surface area is 258 Å². The maximum atomic E-state index is 12.9. The standard InChI is InChI=1S/C37H30N2O2S2/c1-22-34(30-20-26(16-18-32(30)42-22)38-36(40)24-10-5-3-6-11-24)28-14-9-15-29(28)35-23(2)43-33-19-17-27(21-31(33)35)39-37(41)25-12-7-4-8-13-25/h3-8,10-13,16-21H,9,14-15H2,1-2H3,(H,38,40)(H,39,41). The Morgan fingerprint density at radius 3 is 1.42 bits per heavy atom. The fourth-order valence-electron chi connectivity index (χ4n) is 6.23. The maximum absolute atomic E-state index is 12.9. The summed E-state index contributed by atoms with van der Waals surface area (Å²) in [5.41, 5.74) is 8.29. The molecule has 2 aromatic heterocycles. The predicted octanol–water partition coefficient (Wildman–Crippen LogP) is 10.3. The number of carbonyl (C=O) groups excluding carboxylic acids is 2. The first-order valence-corrected chi connectivity index (χ1v) is 16.1. The molecule has 1 aliphatic rings. The smallest absolute Gasteiger partial charge is 0.255 e. The normalized spacial score (nSPS) is 13.2. The predicted molar refractivity (Wildman–Crippen MR) is 183 cm³/mol. The van der Waals surface area contributed by atoms with E-state index >= 15 is 0 Å². The van der Waals surface area contributed by atoms with Crippen molar-refractivity contribution in [2.45, 2.75) is 33.1 Å². The van der Waals surface area contributed by atoms with E-state index in [-0.39, 0.29) is 11.8 Å². The Hall–Kier alpha value is -4.52. The molecule has 2 heterocycles. The SMILES string of the molecule is Cc1sc2ccc(NC(=O)c3ccccc3)cc2c1C1=C(c2c(C)sc3ccc(NC(=O)c4ccccc4)cc23)CCC1. The number of carbonyl (C=O) groups is 2. The minimum absolute atomic E-state index is 0.107. The highest BCUT2D eigenvalue weighted by molar-refractivity contribution is 7.19. The van der Waals surface area contributed by atoms with Gasteiger partial charge in [0, 0.05) is 52.4 Å². The molecule has 2 amide bonds. The molecular formula is C37H30N2O2S2. The molecule has 0 saturated heterocycles. The van der Waals surface area contributed by atoms with Gasteiger partial charge in [0.05, 0.1) is 0 Å². The van der Waals surface area contributed by atoms with E-state index in [1.54, 1.807) is 0 Å². The Bertz CT molecular complexity index is 1910. The van der Waals surface area contributed by atoms with Crippen LogP contribution in [0.3, 0.4) is 0 Å². The number of hydrogen-bond acceptors (Lipinski definition) is 4. The molecule has 43 heavy (non-hydrogen) atoms. The first-order valence-electron chi connectivity index (χ1n) is 14.5. The third-order valence-corrected chi connectivity index (χ3v) is 10.3. The summed E-state index contributed by atoms with van der Waals surface area (Å²) in [5, 5.41) is 8.58. The topological polar surface area (TPSA) is 58.2 Å². The van der Waals surface area contributed by atoms with E-state index in [1.165, 1.54) is 52.2 Å². The molecule has 0 atom stereocenters. The van der Waals surface area contributed by atoms with Crippen LogP contribution in [0, 0.1) is 13.8 Å². The highest BCUT2D eigenvalue weighted by Gasteiger charge is 2.26. The highest BCUT2D eigenvalue weighted by atomic mass is 32.1. The summed E-state index contributed by atoms with van der Waals surface area (Å²) in [6, 6.07) is 31.2. The van der Waals surface area contributed by atoms with Gasteiger partial charge in [-0.1, -0.05) is 36.4 Å². The van der Waals surface area contributed by atoms with Crippen LogP contribution < -0.4 is 10.6 Å². The number of nitrogens with one attached hydrogen (secondary N) is 2. The minimum atomic E-state index is -0.107. The van der Waals surface area contributed by atoms with Gasteiger partial charge in [-0.15, -0.1) is 22.7 Å². The second-order valence-electron chi connectivity index (χ2n) is 10.9. The van der Waals surface area contributed by atoms with E-state index in [9.17, 15) is 9.59 Å². The van der Waals surface area contributed by atoms with Gasteiger partial charge >= 0.3 is 0 Å². The lowest BCUT2D eigenvalue weighted by atomic mass is 9.93. The second kappa shape index (κ2) is 11.3. The molecular weight excluding hydrogens is 569 g/mol. The van der Waals surface area contributed by atoms with E-state index in [2.05, 4.69) is 48.7 Å². The molecule has 6 heteroatoms. The lowest BCUT2D eigenvalue weighted by Crippen LogP contribution is -2.11. The van der Waals surface area contributed by atoms with Crippen molar-refractivity contribution in [1.29, 1.82) is 0 Å². The van der Waals surface area contributed by atoms with Crippen molar-refractivity contribution < 1.29 is 9.59 Å². The van der Waals surface area contributed by atoms with Crippen LogP contribution in [0.2, 0.25) is 0 Å². The average Bonchev–Trinajstić information content (AvgIpc) is 3.71. The molecule has 7 rings (SSSR count). The summed E-state index contributed by atoms with van der Waals surface area (Å²) in [7, 11) is 0. The zero-order valence-corrected chi connectivity index (χ0v) is 25.6. The first kappa shape index (κ1) is 27.3. The lowest BCUT2D eigenvalue weighted by molar-refractivity contribution is 0.101. The molecule has 0 fully saturated rings. The first-order chi connectivity index (χ1) is 21.0. The molecule has 0 unspecified atom stereocenters. The van der Waals surface area contributed by atoms with Gasteiger partial charge in [0.25, 0.3) is 11.8 Å². The molecule has 1 aliphatic carbocycles. The number of benzene rings is 4. The van der Waals surface area contributed by atoms with E-state index in [1.807, 2.05) is 95.5 Å². The maximum Gasteiger partial charge on any atom is 0.255 e. The summed E-state index contributed by atoms with van der Waals surface area (Å²) in [5.74, 6) is -0.213. The van der Waals surface area contributed by atoms with Gasteiger partial charge in [-0.25, -0.2) is 0 Å². The number of allylic oxidation sites excluding steroid dienone is 2. The Balaban J connectivity index is 1.29. The molecule has 0 radical (unpaired) electrons. The van der Waals surface area contributed by atoms with Crippen molar-refractivity contribution >= 4 is 77.2 Å². The van der Waals surface area contributed by atoms with Crippen LogP contribution in [0.1, 0.15) is 60.9 Å². The zero-order valence-electron chi connectivity index (χ0n) is 24.0. The minimum Gasteiger partial charge on any atom is -0.322 e. The third kappa shape index (κ3) is 5.18. The van der Waals surface area contributed by atoms with Gasteiger partial charge in [0.2, 0.25) is 0 Å². The van der Waals surface area contributed by atoms with Gasteiger partial charge in [-0.2, -0.15) is 0 Å².